The largest absolute Gasteiger partial charge is 0.457 e. The predicted molar refractivity (Wildman–Crippen MR) is 245 cm³/mol. The van der Waals surface area contributed by atoms with Crippen LogP contribution in [0.25, 0.3) is 83.6 Å². The van der Waals surface area contributed by atoms with Crippen molar-refractivity contribution in [3.05, 3.63) is 229 Å². The van der Waals surface area contributed by atoms with Crippen molar-refractivity contribution in [1.82, 2.24) is 19.5 Å². The lowest BCUT2D eigenvalue weighted by atomic mass is 9.66. The molecule has 0 unspecified atom stereocenters. The molecule has 0 N–H and O–H groups in total. The van der Waals surface area contributed by atoms with E-state index in [4.69, 9.17) is 19.7 Å². The number of ether oxygens (including phenoxy) is 1. The summed E-state index contributed by atoms with van der Waals surface area (Å²) in [4.78, 5) is 15.2. The van der Waals surface area contributed by atoms with E-state index in [1.54, 1.807) is 0 Å². The van der Waals surface area contributed by atoms with Crippen LogP contribution in [-0.2, 0) is 5.41 Å². The monoisotopic (exact) mass is 778 g/mol. The van der Waals surface area contributed by atoms with Gasteiger partial charge in [-0.05, 0) is 58.0 Å². The van der Waals surface area contributed by atoms with E-state index in [2.05, 4.69) is 150 Å². The third kappa shape index (κ3) is 4.80. The van der Waals surface area contributed by atoms with Crippen molar-refractivity contribution in [2.75, 3.05) is 0 Å². The van der Waals surface area contributed by atoms with Crippen LogP contribution in [0.3, 0.4) is 0 Å². The molecule has 0 radical (unpaired) electrons. The van der Waals surface area contributed by atoms with Crippen molar-refractivity contribution in [1.29, 1.82) is 0 Å². The third-order valence-electron chi connectivity index (χ3n) is 12.7. The maximum absolute atomic E-state index is 7.01. The van der Waals surface area contributed by atoms with Gasteiger partial charge in [0, 0.05) is 50.0 Å². The first-order valence-corrected chi connectivity index (χ1v) is 20.7. The second kappa shape index (κ2) is 12.9. The molecule has 5 heteroatoms. The second-order valence-electron chi connectivity index (χ2n) is 15.9. The number of rotatable bonds is 4. The Morgan fingerprint density at radius 1 is 0.344 bits per heavy atom. The maximum atomic E-state index is 7.01. The van der Waals surface area contributed by atoms with Crippen molar-refractivity contribution < 1.29 is 4.74 Å². The highest BCUT2D eigenvalue weighted by Gasteiger charge is 2.51. The molecule has 13 rings (SSSR count). The highest BCUT2D eigenvalue weighted by atomic mass is 16.5. The summed E-state index contributed by atoms with van der Waals surface area (Å²) in [5.74, 6) is 3.63. The van der Waals surface area contributed by atoms with Gasteiger partial charge in [0.1, 0.15) is 11.5 Å². The quantitative estimate of drug-likeness (QED) is 0.179. The molecule has 9 aromatic carbocycles. The normalized spacial score (nSPS) is 13.2. The van der Waals surface area contributed by atoms with Gasteiger partial charge in [-0.1, -0.05) is 170 Å². The van der Waals surface area contributed by atoms with Crippen molar-refractivity contribution in [2.45, 2.75) is 5.41 Å². The molecule has 0 bridgehead atoms. The number of fused-ring (bicyclic) bond motifs is 13. The zero-order chi connectivity index (χ0) is 40.1. The maximum Gasteiger partial charge on any atom is 0.164 e. The number of nitrogens with zero attached hydrogens (tertiary/aromatic N) is 4. The van der Waals surface area contributed by atoms with E-state index < -0.39 is 5.41 Å². The molecule has 11 aromatic rings. The summed E-state index contributed by atoms with van der Waals surface area (Å²) in [5.41, 5.74) is 12.9. The molecule has 0 atom stereocenters. The van der Waals surface area contributed by atoms with Gasteiger partial charge in [-0.2, -0.15) is 0 Å². The second-order valence-corrected chi connectivity index (χ2v) is 15.9. The first kappa shape index (κ1) is 33.8. The lowest BCUT2D eigenvalue weighted by molar-refractivity contribution is 0.437. The van der Waals surface area contributed by atoms with Crippen molar-refractivity contribution in [3.63, 3.8) is 0 Å². The Labute approximate surface area is 351 Å². The lowest BCUT2D eigenvalue weighted by Crippen LogP contribution is -2.32. The summed E-state index contributed by atoms with van der Waals surface area (Å²) in [7, 11) is 0. The Morgan fingerprint density at radius 2 is 0.885 bits per heavy atom. The van der Waals surface area contributed by atoms with Gasteiger partial charge in [0.15, 0.2) is 17.5 Å². The van der Waals surface area contributed by atoms with Crippen LogP contribution in [0.5, 0.6) is 11.5 Å². The minimum Gasteiger partial charge on any atom is -0.457 e. The van der Waals surface area contributed by atoms with E-state index in [0.717, 1.165) is 66.8 Å². The van der Waals surface area contributed by atoms with Gasteiger partial charge in [-0.25, -0.2) is 15.0 Å². The number of para-hydroxylation sites is 2. The Hall–Kier alpha value is -8.15. The smallest absolute Gasteiger partial charge is 0.164 e. The van der Waals surface area contributed by atoms with Gasteiger partial charge in [-0.15, -0.1) is 0 Å². The van der Waals surface area contributed by atoms with Gasteiger partial charge in [0.2, 0.25) is 0 Å². The molecule has 0 saturated carbocycles. The number of aromatic nitrogens is 4. The molecule has 1 aliphatic heterocycles. The van der Waals surface area contributed by atoms with Gasteiger partial charge in [0.05, 0.1) is 22.1 Å². The zero-order valence-corrected chi connectivity index (χ0v) is 32.8. The van der Waals surface area contributed by atoms with Crippen LogP contribution in [0.1, 0.15) is 22.3 Å². The Bertz CT molecular complexity index is 3470. The number of hydrogen-bond donors (Lipinski definition) is 0. The number of hydrogen-bond acceptors (Lipinski definition) is 4. The minimum atomic E-state index is -0.551. The van der Waals surface area contributed by atoms with Crippen LogP contribution in [0.15, 0.2) is 206 Å². The molecule has 0 fully saturated rings. The van der Waals surface area contributed by atoms with Crippen molar-refractivity contribution in [3.8, 4) is 62.5 Å². The van der Waals surface area contributed by atoms with Crippen LogP contribution in [0.4, 0.5) is 0 Å². The van der Waals surface area contributed by atoms with E-state index >= 15 is 0 Å². The average Bonchev–Trinajstić information content (AvgIpc) is 3.81. The van der Waals surface area contributed by atoms with Crippen molar-refractivity contribution >= 4 is 32.6 Å². The predicted octanol–water partition coefficient (Wildman–Crippen LogP) is 13.6. The Kier molecular flexibility index (Phi) is 7.16. The molecule has 3 heterocycles. The molecule has 5 nitrogen and oxygen atoms in total. The summed E-state index contributed by atoms with van der Waals surface area (Å²) >= 11 is 0. The standard InChI is InChI=1S/C56H34N4O/c1-3-17-35(18-4-1)53-57-54(36-19-5-2-6-20-36)59-55(58-53)42-31-32-49(40-24-8-7-21-37(40)42)60-48-29-15-11-25-41(48)43-33-47-52(34-50(43)60)61-51-30-16-14-28-46(51)56(47)44-26-12-9-22-38(44)39-23-10-13-27-45(39)56/h1-34H. The van der Waals surface area contributed by atoms with E-state index in [-0.39, 0.29) is 0 Å². The van der Waals surface area contributed by atoms with Crippen LogP contribution in [0.2, 0.25) is 0 Å². The summed E-state index contributed by atoms with van der Waals surface area (Å²) in [6.07, 6.45) is 0. The van der Waals surface area contributed by atoms with E-state index in [1.807, 2.05) is 60.7 Å². The van der Waals surface area contributed by atoms with E-state index in [1.165, 1.54) is 33.0 Å². The molecule has 284 valence electrons. The lowest BCUT2D eigenvalue weighted by Gasteiger charge is -2.39. The number of benzene rings is 9. The highest BCUT2D eigenvalue weighted by Crippen LogP contribution is 2.62. The summed E-state index contributed by atoms with van der Waals surface area (Å²) in [5, 5.41) is 4.49. The molecular formula is C56H34N4O. The zero-order valence-electron chi connectivity index (χ0n) is 32.8. The van der Waals surface area contributed by atoms with Crippen LogP contribution in [-0.4, -0.2) is 19.5 Å². The summed E-state index contributed by atoms with van der Waals surface area (Å²) in [6.45, 7) is 0. The molecule has 2 aliphatic rings. The fourth-order valence-corrected chi connectivity index (χ4v) is 10.2. The Morgan fingerprint density at radius 3 is 1.57 bits per heavy atom. The molecule has 61 heavy (non-hydrogen) atoms. The first-order valence-electron chi connectivity index (χ1n) is 20.7. The topological polar surface area (TPSA) is 52.8 Å². The molecule has 1 aliphatic carbocycles. The fraction of sp³-hybridized carbons (Fsp3) is 0.0179. The van der Waals surface area contributed by atoms with Crippen molar-refractivity contribution in [2.24, 2.45) is 0 Å². The minimum absolute atomic E-state index is 0.551. The van der Waals surface area contributed by atoms with Gasteiger partial charge in [0.25, 0.3) is 0 Å². The average molecular weight is 779 g/mol. The van der Waals surface area contributed by atoms with Gasteiger partial charge < -0.3 is 9.30 Å². The van der Waals surface area contributed by atoms with E-state index in [9.17, 15) is 0 Å². The van der Waals surface area contributed by atoms with Gasteiger partial charge >= 0.3 is 0 Å². The van der Waals surface area contributed by atoms with Crippen LogP contribution < -0.4 is 4.74 Å². The van der Waals surface area contributed by atoms with Crippen LogP contribution in [0, 0.1) is 0 Å². The first-order chi connectivity index (χ1) is 30.3. The fourth-order valence-electron chi connectivity index (χ4n) is 10.2. The SMILES string of the molecule is c1ccc(-c2nc(-c3ccccc3)nc(-c3ccc(-n4c5ccccc5c5cc6c(cc54)Oc4ccccc4C64c5ccccc5-c5ccccc54)c4ccccc34)n2)cc1. The highest BCUT2D eigenvalue weighted by molar-refractivity contribution is 6.12. The Balaban J connectivity index is 1.07. The third-order valence-corrected chi connectivity index (χ3v) is 12.7. The van der Waals surface area contributed by atoms with Gasteiger partial charge in [-0.3, -0.25) is 0 Å². The summed E-state index contributed by atoms with van der Waals surface area (Å²) in [6, 6.07) is 73.1. The molecule has 0 amide bonds. The molecule has 0 saturated heterocycles. The molecule has 1 spiro atoms. The molecular weight excluding hydrogens is 745 g/mol. The van der Waals surface area contributed by atoms with Crippen LogP contribution >= 0.6 is 0 Å². The van der Waals surface area contributed by atoms with E-state index in [0.29, 0.717) is 17.5 Å². The molecule has 2 aromatic heterocycles. The summed E-state index contributed by atoms with van der Waals surface area (Å²) < 4.78 is 9.42.